The van der Waals surface area contributed by atoms with Crippen LogP contribution in [0.3, 0.4) is 0 Å². The van der Waals surface area contributed by atoms with Gasteiger partial charge in [0.25, 0.3) is 0 Å². The lowest BCUT2D eigenvalue weighted by Crippen LogP contribution is -2.30. The van der Waals surface area contributed by atoms with E-state index in [1.54, 1.807) is 0 Å². The van der Waals surface area contributed by atoms with Crippen molar-refractivity contribution in [2.45, 2.75) is 271 Å². The van der Waals surface area contributed by atoms with E-state index in [0.29, 0.717) is 19.3 Å². The van der Waals surface area contributed by atoms with Crippen LogP contribution in [0, 0.1) is 0 Å². The second kappa shape index (κ2) is 62.1. The van der Waals surface area contributed by atoms with Gasteiger partial charge in [-0.15, -0.1) is 0 Å². The number of carbonyl (C=O) groups excluding carboxylic acids is 3. The summed E-state index contributed by atoms with van der Waals surface area (Å²) in [7, 11) is 0. The zero-order valence-electron chi connectivity index (χ0n) is 48.5. The van der Waals surface area contributed by atoms with Gasteiger partial charge in [0, 0.05) is 19.3 Å². The van der Waals surface area contributed by atoms with Gasteiger partial charge in [0.2, 0.25) is 0 Å². The highest BCUT2D eigenvalue weighted by Gasteiger charge is 2.19. The molecule has 0 amide bonds. The molecule has 0 aromatic rings. The Labute approximate surface area is 462 Å². The molecule has 424 valence electrons. The highest BCUT2D eigenvalue weighted by atomic mass is 16.6. The number of hydrogen-bond donors (Lipinski definition) is 0. The normalized spacial score (nSPS) is 13.1. The molecule has 6 nitrogen and oxygen atoms in total. The molecule has 0 fully saturated rings. The molecule has 0 radical (unpaired) electrons. The first-order valence-electron chi connectivity index (χ1n) is 30.7. The average Bonchev–Trinajstić information content (AvgIpc) is 3.41. The third-order valence-electron chi connectivity index (χ3n) is 12.6. The second-order valence-electron chi connectivity index (χ2n) is 19.8. The van der Waals surface area contributed by atoms with Crippen LogP contribution in [0.25, 0.3) is 0 Å². The molecule has 0 rings (SSSR count). The minimum atomic E-state index is -0.820. The smallest absolute Gasteiger partial charge is 0.306 e. The SMILES string of the molecule is CC/C=C\C/C=C\C/C=C\C/C=C\C/C=C\CCCC(=O)OC(COC(=O)CCCCCCC/C=C\C/C=C\CCCCC)COC(=O)CCCCCCCCCCCCCC/C=C\C/C=C\C/C=C\C/C=C\CC. The van der Waals surface area contributed by atoms with Gasteiger partial charge < -0.3 is 14.2 Å². The van der Waals surface area contributed by atoms with Crippen LogP contribution in [0.1, 0.15) is 265 Å². The summed E-state index contributed by atoms with van der Waals surface area (Å²) in [5.41, 5.74) is 0. The molecule has 0 aromatic heterocycles. The van der Waals surface area contributed by atoms with Crippen LogP contribution in [0.5, 0.6) is 0 Å². The molecule has 0 aromatic carbocycles. The lowest BCUT2D eigenvalue weighted by Gasteiger charge is -2.18. The van der Waals surface area contributed by atoms with Gasteiger partial charge in [-0.2, -0.15) is 0 Å². The number of esters is 3. The number of rotatable bonds is 54. The van der Waals surface area contributed by atoms with Crippen LogP contribution in [-0.2, 0) is 28.6 Å². The summed E-state index contributed by atoms with van der Waals surface area (Å²) in [4.78, 5) is 38.2. The van der Waals surface area contributed by atoms with Gasteiger partial charge >= 0.3 is 17.9 Å². The van der Waals surface area contributed by atoms with Crippen molar-refractivity contribution in [1.82, 2.24) is 0 Å². The van der Waals surface area contributed by atoms with Gasteiger partial charge in [-0.1, -0.05) is 251 Å². The van der Waals surface area contributed by atoms with E-state index in [2.05, 4.69) is 154 Å². The lowest BCUT2D eigenvalue weighted by molar-refractivity contribution is -0.167. The Hall–Kier alpha value is -4.45. The average molecular weight is 1040 g/mol. The predicted octanol–water partition coefficient (Wildman–Crippen LogP) is 21.0. The molecule has 1 atom stereocenters. The second-order valence-corrected chi connectivity index (χ2v) is 19.8. The van der Waals surface area contributed by atoms with Gasteiger partial charge in [-0.05, 0) is 128 Å². The molecule has 0 heterocycles. The zero-order valence-corrected chi connectivity index (χ0v) is 48.5. The Kier molecular flexibility index (Phi) is 58.4. The molecule has 75 heavy (non-hydrogen) atoms. The van der Waals surface area contributed by atoms with Crippen LogP contribution in [0.4, 0.5) is 0 Å². The Morgan fingerprint density at radius 1 is 0.280 bits per heavy atom. The number of allylic oxidation sites excluding steroid dienone is 22. The van der Waals surface area contributed by atoms with E-state index in [0.717, 1.165) is 128 Å². The van der Waals surface area contributed by atoms with Crippen molar-refractivity contribution < 1.29 is 28.6 Å². The molecule has 0 N–H and O–H groups in total. The van der Waals surface area contributed by atoms with Crippen molar-refractivity contribution >= 4 is 17.9 Å². The molecule has 0 aliphatic heterocycles. The molecule has 0 saturated heterocycles. The van der Waals surface area contributed by atoms with E-state index >= 15 is 0 Å². The zero-order chi connectivity index (χ0) is 54.3. The van der Waals surface area contributed by atoms with Crippen molar-refractivity contribution in [3.8, 4) is 0 Å². The first-order valence-corrected chi connectivity index (χ1v) is 30.7. The first-order chi connectivity index (χ1) is 37.0. The third-order valence-corrected chi connectivity index (χ3v) is 12.6. The molecule has 1 unspecified atom stereocenters. The number of carbonyl (C=O) groups is 3. The molecule has 0 aliphatic rings. The summed E-state index contributed by atoms with van der Waals surface area (Å²) in [5.74, 6) is -0.985. The molecular formula is C69H112O6. The predicted molar refractivity (Wildman–Crippen MR) is 325 cm³/mol. The Balaban J connectivity index is 4.43. The topological polar surface area (TPSA) is 78.9 Å². The maximum atomic E-state index is 12.9. The van der Waals surface area contributed by atoms with Crippen LogP contribution < -0.4 is 0 Å². The van der Waals surface area contributed by atoms with Crippen LogP contribution in [0.2, 0.25) is 0 Å². The van der Waals surface area contributed by atoms with Gasteiger partial charge in [0.05, 0.1) is 0 Å². The van der Waals surface area contributed by atoms with Crippen molar-refractivity contribution in [3.05, 3.63) is 134 Å². The summed E-state index contributed by atoms with van der Waals surface area (Å²) in [6.07, 6.45) is 87.4. The van der Waals surface area contributed by atoms with Gasteiger partial charge in [0.1, 0.15) is 13.2 Å². The minimum absolute atomic E-state index is 0.110. The number of ether oxygens (including phenoxy) is 3. The Bertz CT molecular complexity index is 1620. The van der Waals surface area contributed by atoms with E-state index in [-0.39, 0.29) is 37.5 Å². The summed E-state index contributed by atoms with van der Waals surface area (Å²) < 4.78 is 16.8. The standard InChI is InChI=1S/C69H112O6/c1-4-7-10-13-16-19-22-25-28-30-31-32-33-34-35-36-37-39-41-44-47-50-53-56-59-62-68(71)74-65-66(64-73-67(70)61-58-55-52-49-46-43-40-27-24-21-18-15-12-9-6-3)75-69(72)63-60-57-54-51-48-45-42-38-29-26-23-20-17-14-11-8-5-2/h7-8,10-11,16-21,25-29,31-32,40,42,45,51,54,66H,4-6,9,12-15,22-24,30,33-39,41,43-44,46-50,52-53,55-65H2,1-3H3/b10-7-,11-8-,19-16-,20-17-,21-18-,28-25-,29-26-,32-31-,40-27-,45-42-,54-51-. The highest BCUT2D eigenvalue weighted by molar-refractivity contribution is 5.71. The summed E-state index contributed by atoms with van der Waals surface area (Å²) in [6, 6.07) is 0. The van der Waals surface area contributed by atoms with Gasteiger partial charge in [-0.25, -0.2) is 0 Å². The van der Waals surface area contributed by atoms with E-state index in [9.17, 15) is 14.4 Å². The Morgan fingerprint density at radius 2 is 0.533 bits per heavy atom. The quantitative estimate of drug-likeness (QED) is 0.0261. The summed E-state index contributed by atoms with van der Waals surface area (Å²) in [6.45, 7) is 6.33. The molecule has 0 aliphatic carbocycles. The molecule has 0 bridgehead atoms. The van der Waals surface area contributed by atoms with Crippen molar-refractivity contribution in [2.24, 2.45) is 0 Å². The van der Waals surface area contributed by atoms with E-state index in [1.165, 1.54) is 89.9 Å². The molecule has 6 heteroatoms. The summed E-state index contributed by atoms with van der Waals surface area (Å²) >= 11 is 0. The molecule has 0 saturated carbocycles. The van der Waals surface area contributed by atoms with E-state index < -0.39 is 6.10 Å². The maximum Gasteiger partial charge on any atom is 0.306 e. The largest absolute Gasteiger partial charge is 0.462 e. The Morgan fingerprint density at radius 3 is 0.853 bits per heavy atom. The van der Waals surface area contributed by atoms with E-state index in [4.69, 9.17) is 14.2 Å². The minimum Gasteiger partial charge on any atom is -0.462 e. The van der Waals surface area contributed by atoms with Gasteiger partial charge in [-0.3, -0.25) is 14.4 Å². The fourth-order valence-electron chi connectivity index (χ4n) is 8.09. The maximum absolute atomic E-state index is 12.9. The third kappa shape index (κ3) is 60.3. The number of unbranched alkanes of at least 4 members (excludes halogenated alkanes) is 21. The number of hydrogen-bond acceptors (Lipinski definition) is 6. The fraction of sp³-hybridized carbons (Fsp3) is 0.638. The van der Waals surface area contributed by atoms with Gasteiger partial charge in [0.15, 0.2) is 6.10 Å². The fourth-order valence-corrected chi connectivity index (χ4v) is 8.09. The molecular weight excluding hydrogens is 925 g/mol. The van der Waals surface area contributed by atoms with Crippen molar-refractivity contribution in [1.29, 1.82) is 0 Å². The monoisotopic (exact) mass is 1040 g/mol. The van der Waals surface area contributed by atoms with E-state index in [1.807, 2.05) is 0 Å². The molecule has 0 spiro atoms. The lowest BCUT2D eigenvalue weighted by atomic mass is 10.0. The summed E-state index contributed by atoms with van der Waals surface area (Å²) in [5, 5.41) is 0. The van der Waals surface area contributed by atoms with Crippen LogP contribution in [0.15, 0.2) is 134 Å². The van der Waals surface area contributed by atoms with Crippen LogP contribution in [-0.4, -0.2) is 37.2 Å². The van der Waals surface area contributed by atoms with Crippen molar-refractivity contribution in [2.75, 3.05) is 13.2 Å². The van der Waals surface area contributed by atoms with Crippen molar-refractivity contribution in [3.63, 3.8) is 0 Å². The van der Waals surface area contributed by atoms with Crippen LogP contribution >= 0.6 is 0 Å². The highest BCUT2D eigenvalue weighted by Crippen LogP contribution is 2.15. The first kappa shape index (κ1) is 70.5.